The standard InChI is InChI=1S/C16H31N3O/c1-15(2,3)8-7-13(14(18)19-20)9-12(11-17)10-16(4,5)6/h12-13,20H,7-10H2,1-6H3,(H2,18,19). The van der Waals surface area contributed by atoms with Gasteiger partial charge in [0.2, 0.25) is 0 Å². The quantitative estimate of drug-likeness (QED) is 0.332. The molecule has 0 aromatic heterocycles. The monoisotopic (exact) mass is 281 g/mol. The minimum absolute atomic E-state index is 0.0220. The highest BCUT2D eigenvalue weighted by Gasteiger charge is 2.25. The van der Waals surface area contributed by atoms with E-state index in [0.717, 1.165) is 19.3 Å². The second-order valence-electron chi connectivity index (χ2n) is 8.15. The number of amidine groups is 1. The van der Waals surface area contributed by atoms with E-state index in [1.54, 1.807) is 0 Å². The Morgan fingerprint density at radius 3 is 2.10 bits per heavy atom. The summed E-state index contributed by atoms with van der Waals surface area (Å²) in [5, 5.41) is 21.4. The Morgan fingerprint density at radius 1 is 1.20 bits per heavy atom. The van der Waals surface area contributed by atoms with Crippen LogP contribution in [0.3, 0.4) is 0 Å². The van der Waals surface area contributed by atoms with Crippen molar-refractivity contribution in [2.45, 2.75) is 67.2 Å². The van der Waals surface area contributed by atoms with Crippen LogP contribution in [0.2, 0.25) is 0 Å². The van der Waals surface area contributed by atoms with Crippen molar-refractivity contribution in [1.29, 1.82) is 5.26 Å². The summed E-state index contributed by atoms with van der Waals surface area (Å²) in [7, 11) is 0. The fourth-order valence-corrected chi connectivity index (χ4v) is 2.34. The third kappa shape index (κ3) is 8.79. The summed E-state index contributed by atoms with van der Waals surface area (Å²) in [6.07, 6.45) is 3.33. The van der Waals surface area contributed by atoms with Crippen molar-refractivity contribution in [2.75, 3.05) is 0 Å². The van der Waals surface area contributed by atoms with E-state index < -0.39 is 0 Å². The van der Waals surface area contributed by atoms with Crippen LogP contribution in [-0.2, 0) is 0 Å². The molecule has 0 heterocycles. The van der Waals surface area contributed by atoms with E-state index in [9.17, 15) is 5.26 Å². The molecular formula is C16H31N3O. The summed E-state index contributed by atoms with van der Waals surface area (Å²) in [5.41, 5.74) is 6.12. The summed E-state index contributed by atoms with van der Waals surface area (Å²) in [6, 6.07) is 2.37. The van der Waals surface area contributed by atoms with Crippen LogP contribution in [0, 0.1) is 34.0 Å². The Bertz CT molecular complexity index is 355. The van der Waals surface area contributed by atoms with Crippen LogP contribution in [0.1, 0.15) is 67.2 Å². The first-order valence-electron chi connectivity index (χ1n) is 7.35. The highest BCUT2D eigenvalue weighted by molar-refractivity contribution is 5.82. The van der Waals surface area contributed by atoms with Gasteiger partial charge >= 0.3 is 0 Å². The molecule has 4 nitrogen and oxygen atoms in total. The largest absolute Gasteiger partial charge is 0.409 e. The van der Waals surface area contributed by atoms with Crippen molar-refractivity contribution < 1.29 is 5.21 Å². The second kappa shape index (κ2) is 7.52. The summed E-state index contributed by atoms with van der Waals surface area (Å²) in [4.78, 5) is 0. The lowest BCUT2D eigenvalue weighted by molar-refractivity contribution is 0.278. The van der Waals surface area contributed by atoms with Crippen LogP contribution >= 0.6 is 0 Å². The van der Waals surface area contributed by atoms with E-state index in [1.807, 2.05) is 0 Å². The molecule has 0 saturated heterocycles. The smallest absolute Gasteiger partial charge is 0.142 e. The molecule has 20 heavy (non-hydrogen) atoms. The fraction of sp³-hybridized carbons (Fsp3) is 0.875. The van der Waals surface area contributed by atoms with Crippen molar-refractivity contribution in [3.05, 3.63) is 0 Å². The summed E-state index contributed by atoms with van der Waals surface area (Å²) >= 11 is 0. The molecule has 4 heteroatoms. The van der Waals surface area contributed by atoms with Crippen molar-refractivity contribution in [2.24, 2.45) is 33.6 Å². The van der Waals surface area contributed by atoms with E-state index >= 15 is 0 Å². The average molecular weight is 281 g/mol. The van der Waals surface area contributed by atoms with Crippen LogP contribution in [0.5, 0.6) is 0 Å². The number of nitrogens with zero attached hydrogens (tertiary/aromatic N) is 2. The van der Waals surface area contributed by atoms with Crippen LogP contribution in [0.15, 0.2) is 5.16 Å². The number of hydrogen-bond donors (Lipinski definition) is 2. The molecule has 0 aromatic carbocycles. The maximum absolute atomic E-state index is 9.33. The minimum Gasteiger partial charge on any atom is -0.409 e. The molecule has 0 aliphatic rings. The predicted molar refractivity (Wildman–Crippen MR) is 83.4 cm³/mol. The Morgan fingerprint density at radius 2 is 1.75 bits per heavy atom. The number of nitrogens with two attached hydrogens (primary N) is 1. The third-order valence-electron chi connectivity index (χ3n) is 3.39. The van der Waals surface area contributed by atoms with Gasteiger partial charge in [-0.05, 0) is 36.5 Å². The van der Waals surface area contributed by atoms with Crippen molar-refractivity contribution in [1.82, 2.24) is 0 Å². The highest BCUT2D eigenvalue weighted by atomic mass is 16.4. The Labute approximate surface area is 124 Å². The molecule has 0 bridgehead atoms. The van der Waals surface area contributed by atoms with Gasteiger partial charge in [-0.2, -0.15) is 5.26 Å². The van der Waals surface area contributed by atoms with E-state index in [-0.39, 0.29) is 28.5 Å². The van der Waals surface area contributed by atoms with Crippen molar-refractivity contribution in [3.63, 3.8) is 0 Å². The maximum atomic E-state index is 9.33. The van der Waals surface area contributed by atoms with Crippen LogP contribution in [-0.4, -0.2) is 11.0 Å². The normalized spacial score (nSPS) is 16.6. The summed E-state index contributed by atoms with van der Waals surface area (Å²) in [6.45, 7) is 12.9. The molecule has 0 fully saturated rings. The summed E-state index contributed by atoms with van der Waals surface area (Å²) < 4.78 is 0. The highest BCUT2D eigenvalue weighted by Crippen LogP contribution is 2.31. The molecule has 0 aromatic rings. The van der Waals surface area contributed by atoms with Crippen molar-refractivity contribution >= 4 is 5.84 Å². The average Bonchev–Trinajstić information content (AvgIpc) is 2.29. The van der Waals surface area contributed by atoms with Crippen LogP contribution in [0.4, 0.5) is 0 Å². The van der Waals surface area contributed by atoms with Crippen molar-refractivity contribution in [3.8, 4) is 6.07 Å². The third-order valence-corrected chi connectivity index (χ3v) is 3.39. The van der Waals surface area contributed by atoms with Gasteiger partial charge in [0, 0.05) is 11.8 Å². The zero-order valence-electron chi connectivity index (χ0n) is 13.9. The maximum Gasteiger partial charge on any atom is 0.142 e. The Hall–Kier alpha value is -1.24. The molecule has 0 rings (SSSR count). The van der Waals surface area contributed by atoms with Gasteiger partial charge in [-0.3, -0.25) is 0 Å². The Balaban J connectivity index is 4.76. The molecule has 116 valence electrons. The fourth-order valence-electron chi connectivity index (χ4n) is 2.34. The first-order valence-corrected chi connectivity index (χ1v) is 7.35. The van der Waals surface area contributed by atoms with Gasteiger partial charge in [0.15, 0.2) is 0 Å². The second-order valence-corrected chi connectivity index (χ2v) is 8.15. The lowest BCUT2D eigenvalue weighted by Gasteiger charge is -2.26. The van der Waals surface area contributed by atoms with Gasteiger partial charge in [-0.25, -0.2) is 0 Å². The van der Waals surface area contributed by atoms with E-state index in [1.165, 1.54) is 0 Å². The molecule has 0 amide bonds. The molecule has 0 aliphatic heterocycles. The van der Waals surface area contributed by atoms with Gasteiger partial charge in [0.1, 0.15) is 5.84 Å². The molecular weight excluding hydrogens is 250 g/mol. The van der Waals surface area contributed by atoms with E-state index in [4.69, 9.17) is 10.9 Å². The lowest BCUT2D eigenvalue weighted by Crippen LogP contribution is -2.28. The molecule has 3 N–H and O–H groups in total. The SMILES string of the molecule is CC(C)(C)CCC(CC(C#N)CC(C)(C)C)/C(N)=N/O. The molecule has 2 unspecified atom stereocenters. The first-order chi connectivity index (χ1) is 8.98. The molecule has 2 atom stereocenters. The summed E-state index contributed by atoms with van der Waals surface area (Å²) in [5.74, 6) is 0.176. The number of nitriles is 1. The van der Waals surface area contributed by atoms with Gasteiger partial charge in [-0.15, -0.1) is 0 Å². The lowest BCUT2D eigenvalue weighted by atomic mass is 9.78. The Kier molecular flexibility index (Phi) is 7.05. The first kappa shape index (κ1) is 18.8. The van der Waals surface area contributed by atoms with Gasteiger partial charge in [0.25, 0.3) is 0 Å². The number of rotatable bonds is 6. The van der Waals surface area contributed by atoms with Gasteiger partial charge in [-0.1, -0.05) is 46.7 Å². The topological polar surface area (TPSA) is 82.4 Å². The zero-order valence-corrected chi connectivity index (χ0v) is 13.9. The van der Waals surface area contributed by atoms with Crippen LogP contribution in [0.25, 0.3) is 0 Å². The number of oxime groups is 1. The molecule has 0 radical (unpaired) electrons. The zero-order chi connectivity index (χ0) is 16.0. The molecule has 0 spiro atoms. The number of hydrogen-bond acceptors (Lipinski definition) is 3. The molecule has 0 saturated carbocycles. The van der Waals surface area contributed by atoms with E-state index in [2.05, 4.69) is 52.8 Å². The van der Waals surface area contributed by atoms with Crippen LogP contribution < -0.4 is 5.73 Å². The molecule has 0 aliphatic carbocycles. The van der Waals surface area contributed by atoms with Gasteiger partial charge in [0.05, 0.1) is 6.07 Å². The van der Waals surface area contributed by atoms with E-state index in [0.29, 0.717) is 6.42 Å². The van der Waals surface area contributed by atoms with Gasteiger partial charge < -0.3 is 10.9 Å². The minimum atomic E-state index is -0.0553. The predicted octanol–water partition coefficient (Wildman–Crippen LogP) is 4.14.